The third-order valence-corrected chi connectivity index (χ3v) is 3.25. The van der Waals surface area contributed by atoms with Crippen LogP contribution in [0, 0.1) is 12.7 Å². The van der Waals surface area contributed by atoms with E-state index in [1.807, 2.05) is 0 Å². The number of benzene rings is 1. The first-order valence-electron chi connectivity index (χ1n) is 4.83. The predicted molar refractivity (Wildman–Crippen MR) is 63.4 cm³/mol. The number of carboxylic acids is 1. The summed E-state index contributed by atoms with van der Waals surface area (Å²) in [4.78, 5) is 22.3. The van der Waals surface area contributed by atoms with Crippen LogP contribution in [-0.2, 0) is 4.79 Å². The molecule has 0 bridgehead atoms. The van der Waals surface area contributed by atoms with E-state index in [0.717, 1.165) is 0 Å². The molecule has 0 spiro atoms. The Morgan fingerprint density at radius 3 is 2.59 bits per heavy atom. The largest absolute Gasteiger partial charge is 0.480 e. The number of carbonyl (C=O) groups is 2. The molecule has 1 aromatic rings. The Bertz CT molecular complexity index is 476. The molecule has 0 saturated carbocycles. The SMILES string of the molecule is Cc1ccc(F)c(C(=O)N[C@H](C)C(=O)O)c1Br. The smallest absolute Gasteiger partial charge is 0.325 e. The zero-order chi connectivity index (χ0) is 13.2. The number of aliphatic carboxylic acids is 1. The minimum Gasteiger partial charge on any atom is -0.480 e. The van der Waals surface area contributed by atoms with Gasteiger partial charge in [0, 0.05) is 4.47 Å². The minimum atomic E-state index is -1.18. The Kier molecular flexibility index (Phi) is 4.22. The van der Waals surface area contributed by atoms with E-state index in [1.165, 1.54) is 19.1 Å². The van der Waals surface area contributed by atoms with Gasteiger partial charge < -0.3 is 10.4 Å². The number of hydrogen-bond donors (Lipinski definition) is 2. The lowest BCUT2D eigenvalue weighted by Crippen LogP contribution is -2.38. The highest BCUT2D eigenvalue weighted by Crippen LogP contribution is 2.23. The molecule has 0 aliphatic rings. The van der Waals surface area contributed by atoms with Gasteiger partial charge in [-0.3, -0.25) is 9.59 Å². The molecule has 0 aromatic heterocycles. The zero-order valence-corrected chi connectivity index (χ0v) is 10.8. The van der Waals surface area contributed by atoms with Gasteiger partial charge in [-0.25, -0.2) is 4.39 Å². The van der Waals surface area contributed by atoms with Gasteiger partial charge in [0.2, 0.25) is 0 Å². The van der Waals surface area contributed by atoms with Crippen molar-refractivity contribution in [3.05, 3.63) is 33.5 Å². The van der Waals surface area contributed by atoms with Gasteiger partial charge in [0.25, 0.3) is 5.91 Å². The summed E-state index contributed by atoms with van der Waals surface area (Å²) < 4.78 is 13.8. The van der Waals surface area contributed by atoms with Crippen molar-refractivity contribution in [2.24, 2.45) is 0 Å². The fourth-order valence-corrected chi connectivity index (χ4v) is 1.70. The molecule has 1 amide bonds. The Morgan fingerprint density at radius 1 is 1.47 bits per heavy atom. The molecule has 1 aromatic carbocycles. The van der Waals surface area contributed by atoms with E-state index in [4.69, 9.17) is 5.11 Å². The molecule has 0 heterocycles. The van der Waals surface area contributed by atoms with Gasteiger partial charge in [0.1, 0.15) is 11.9 Å². The molecule has 0 radical (unpaired) electrons. The maximum absolute atomic E-state index is 13.5. The number of aryl methyl sites for hydroxylation is 1. The van der Waals surface area contributed by atoms with E-state index in [2.05, 4.69) is 21.2 Å². The summed E-state index contributed by atoms with van der Waals surface area (Å²) in [6, 6.07) is 1.62. The number of hydrogen-bond acceptors (Lipinski definition) is 2. The number of amides is 1. The summed E-state index contributed by atoms with van der Waals surface area (Å²) >= 11 is 3.11. The molecule has 0 saturated heterocycles. The highest BCUT2D eigenvalue weighted by Gasteiger charge is 2.21. The van der Waals surface area contributed by atoms with E-state index in [1.54, 1.807) is 6.92 Å². The van der Waals surface area contributed by atoms with Crippen molar-refractivity contribution < 1.29 is 19.1 Å². The van der Waals surface area contributed by atoms with Crippen molar-refractivity contribution in [2.75, 3.05) is 0 Å². The van der Waals surface area contributed by atoms with Crippen LogP contribution in [0.4, 0.5) is 4.39 Å². The van der Waals surface area contributed by atoms with Crippen LogP contribution in [0.1, 0.15) is 22.8 Å². The molecular weight excluding hydrogens is 293 g/mol. The summed E-state index contributed by atoms with van der Waals surface area (Å²) in [5.41, 5.74) is 0.512. The number of carbonyl (C=O) groups excluding carboxylic acids is 1. The lowest BCUT2D eigenvalue weighted by Gasteiger charge is -2.12. The number of carboxylic acid groups (broad SMARTS) is 1. The van der Waals surface area contributed by atoms with E-state index in [-0.39, 0.29) is 5.56 Å². The van der Waals surface area contributed by atoms with Gasteiger partial charge in [-0.05, 0) is 41.4 Å². The molecule has 6 heteroatoms. The molecule has 4 nitrogen and oxygen atoms in total. The monoisotopic (exact) mass is 303 g/mol. The molecule has 1 atom stereocenters. The first-order valence-corrected chi connectivity index (χ1v) is 5.62. The van der Waals surface area contributed by atoms with Gasteiger partial charge in [0.05, 0.1) is 5.56 Å². The van der Waals surface area contributed by atoms with Crippen LogP contribution >= 0.6 is 15.9 Å². The lowest BCUT2D eigenvalue weighted by molar-refractivity contribution is -0.138. The zero-order valence-electron chi connectivity index (χ0n) is 9.25. The third kappa shape index (κ3) is 3.03. The quantitative estimate of drug-likeness (QED) is 0.898. The predicted octanol–water partition coefficient (Wildman–Crippen LogP) is 2.10. The summed E-state index contributed by atoms with van der Waals surface area (Å²) in [5, 5.41) is 10.8. The van der Waals surface area contributed by atoms with Crippen LogP contribution in [0.15, 0.2) is 16.6 Å². The lowest BCUT2D eigenvalue weighted by atomic mass is 10.1. The van der Waals surface area contributed by atoms with Crippen LogP contribution in [0.2, 0.25) is 0 Å². The molecular formula is C11H11BrFNO3. The van der Waals surface area contributed by atoms with Crippen LogP contribution < -0.4 is 5.32 Å². The average molecular weight is 304 g/mol. The first-order chi connectivity index (χ1) is 7.84. The molecule has 2 N–H and O–H groups in total. The second-order valence-electron chi connectivity index (χ2n) is 3.59. The van der Waals surface area contributed by atoms with E-state index in [0.29, 0.717) is 10.0 Å². The van der Waals surface area contributed by atoms with Gasteiger partial charge in [-0.15, -0.1) is 0 Å². The summed E-state index contributed by atoms with van der Waals surface area (Å²) in [6.45, 7) is 3.02. The van der Waals surface area contributed by atoms with Crippen LogP contribution in [0.25, 0.3) is 0 Å². The van der Waals surface area contributed by atoms with Gasteiger partial charge in [-0.2, -0.15) is 0 Å². The highest BCUT2D eigenvalue weighted by atomic mass is 79.9. The Hall–Kier alpha value is -1.43. The number of nitrogens with one attached hydrogen (secondary N) is 1. The second-order valence-corrected chi connectivity index (χ2v) is 4.38. The molecule has 17 heavy (non-hydrogen) atoms. The van der Waals surface area contributed by atoms with E-state index in [9.17, 15) is 14.0 Å². The normalized spacial score (nSPS) is 12.0. The third-order valence-electron chi connectivity index (χ3n) is 2.23. The maximum Gasteiger partial charge on any atom is 0.325 e. The standard InChI is InChI=1S/C11H11BrFNO3/c1-5-3-4-7(13)8(9(5)12)10(15)14-6(2)11(16)17/h3-4,6H,1-2H3,(H,14,15)(H,16,17)/t6-/m1/s1. The Morgan fingerprint density at radius 2 is 2.06 bits per heavy atom. The molecule has 0 aliphatic heterocycles. The van der Waals surface area contributed by atoms with Crippen molar-refractivity contribution >= 4 is 27.8 Å². The fourth-order valence-electron chi connectivity index (χ4n) is 1.20. The Labute approximate surface area is 106 Å². The molecule has 0 aliphatic carbocycles. The van der Waals surface area contributed by atoms with Gasteiger partial charge in [-0.1, -0.05) is 6.07 Å². The number of rotatable bonds is 3. The second kappa shape index (κ2) is 5.27. The molecule has 0 unspecified atom stereocenters. The van der Waals surface area contributed by atoms with E-state index < -0.39 is 23.7 Å². The molecule has 0 fully saturated rings. The van der Waals surface area contributed by atoms with E-state index >= 15 is 0 Å². The number of halogens is 2. The molecule has 92 valence electrons. The Balaban J connectivity index is 3.05. The van der Waals surface area contributed by atoms with Crippen molar-refractivity contribution in [1.82, 2.24) is 5.32 Å². The van der Waals surface area contributed by atoms with Crippen molar-refractivity contribution in [2.45, 2.75) is 19.9 Å². The van der Waals surface area contributed by atoms with Crippen LogP contribution in [-0.4, -0.2) is 23.0 Å². The van der Waals surface area contributed by atoms with Gasteiger partial charge >= 0.3 is 5.97 Å². The summed E-state index contributed by atoms with van der Waals surface area (Å²) in [6.07, 6.45) is 0. The summed E-state index contributed by atoms with van der Waals surface area (Å²) in [7, 11) is 0. The van der Waals surface area contributed by atoms with Crippen LogP contribution in [0.5, 0.6) is 0 Å². The van der Waals surface area contributed by atoms with Gasteiger partial charge in [0.15, 0.2) is 0 Å². The van der Waals surface area contributed by atoms with Crippen LogP contribution in [0.3, 0.4) is 0 Å². The maximum atomic E-state index is 13.5. The minimum absolute atomic E-state index is 0.182. The molecule has 1 rings (SSSR count). The van der Waals surface area contributed by atoms with Crippen molar-refractivity contribution in [1.29, 1.82) is 0 Å². The van der Waals surface area contributed by atoms with Crippen molar-refractivity contribution in [3.8, 4) is 0 Å². The highest BCUT2D eigenvalue weighted by molar-refractivity contribution is 9.10. The van der Waals surface area contributed by atoms with Crippen molar-refractivity contribution in [3.63, 3.8) is 0 Å². The fraction of sp³-hybridized carbons (Fsp3) is 0.273. The summed E-state index contributed by atoms with van der Waals surface area (Å²) in [5.74, 6) is -2.63. The topological polar surface area (TPSA) is 66.4 Å². The average Bonchev–Trinajstić information content (AvgIpc) is 2.24. The first kappa shape index (κ1) is 13.6.